The lowest BCUT2D eigenvalue weighted by molar-refractivity contribution is 1.53. The Kier molecular flexibility index (Phi) is 3.97. The van der Waals surface area contributed by atoms with Crippen LogP contribution >= 0.6 is 31.9 Å². The van der Waals surface area contributed by atoms with E-state index in [0.717, 1.165) is 5.22 Å². The van der Waals surface area contributed by atoms with Crippen molar-refractivity contribution in [3.8, 4) is 11.1 Å². The molecule has 0 radical (unpaired) electrons. The summed E-state index contributed by atoms with van der Waals surface area (Å²) in [4.78, 5) is 3.88. The fraction of sp³-hybridized carbons (Fsp3) is 0. The normalized spacial score (nSPS) is 13.1. The van der Waals surface area contributed by atoms with Gasteiger partial charge in [0.05, 0.1) is 0 Å². The molecule has 0 fully saturated rings. The van der Waals surface area contributed by atoms with Gasteiger partial charge >= 0.3 is 0 Å². The van der Waals surface area contributed by atoms with E-state index in [9.17, 15) is 0 Å². The first kappa shape index (κ1) is 11.6. The number of halogens is 2. The van der Waals surface area contributed by atoms with Crippen molar-refractivity contribution in [1.29, 1.82) is 0 Å². The van der Waals surface area contributed by atoms with Crippen LogP contribution in [0.15, 0.2) is 48.5 Å². The number of benzene rings is 2. The Bertz CT molecular complexity index is 586. The minimum Gasteiger partial charge on any atom is -0.0622 e. The summed E-state index contributed by atoms with van der Waals surface area (Å²) in [6.07, 6.45) is 0. The quantitative estimate of drug-likeness (QED) is 0.745. The molecule has 0 amide bonds. The third kappa shape index (κ3) is 2.45. The van der Waals surface area contributed by atoms with Gasteiger partial charge in [0.15, 0.2) is 0 Å². The van der Waals surface area contributed by atoms with Gasteiger partial charge in [-0.05, 0) is 37.6 Å². The Morgan fingerprint density at radius 2 is 1.56 bits per heavy atom. The molecular formula is C14H10Br2. The summed E-state index contributed by atoms with van der Waals surface area (Å²) in [5.74, 6) is 0. The van der Waals surface area contributed by atoms with Crippen LogP contribution in [0.3, 0.4) is 0 Å². The first-order valence-electron chi connectivity index (χ1n) is 4.91. The van der Waals surface area contributed by atoms with Crippen molar-refractivity contribution in [1.82, 2.24) is 0 Å². The topological polar surface area (TPSA) is 0 Å². The zero-order chi connectivity index (χ0) is 11.4. The molecule has 0 aromatic heterocycles. The molecule has 2 heteroatoms. The van der Waals surface area contributed by atoms with E-state index in [1.807, 2.05) is 16.0 Å². The van der Waals surface area contributed by atoms with E-state index >= 15 is 0 Å². The maximum Gasteiger partial charge on any atom is -0.0100 e. The molecule has 16 heavy (non-hydrogen) atoms. The first-order chi connectivity index (χ1) is 7.85. The third-order valence-corrected chi connectivity index (χ3v) is 3.43. The SMILES string of the molecule is Br/C=c1\cc/c(=C\Br)c(-c2ccccc2)c1. The van der Waals surface area contributed by atoms with Gasteiger partial charge in [-0.2, -0.15) is 0 Å². The summed E-state index contributed by atoms with van der Waals surface area (Å²) in [6, 6.07) is 16.7. The van der Waals surface area contributed by atoms with Crippen molar-refractivity contribution in [3.05, 3.63) is 59.0 Å². The van der Waals surface area contributed by atoms with E-state index in [0.29, 0.717) is 0 Å². The Morgan fingerprint density at radius 1 is 0.812 bits per heavy atom. The standard InChI is InChI=1S/C14H10Br2/c15-9-11-6-7-13(10-16)14(8-11)12-4-2-1-3-5-12/h1-10H/b11-9+,13-10+. The summed E-state index contributed by atoms with van der Waals surface area (Å²) < 4.78 is 0. The Morgan fingerprint density at radius 3 is 2.19 bits per heavy atom. The highest BCUT2D eigenvalue weighted by Crippen LogP contribution is 2.13. The average molecular weight is 338 g/mol. The molecule has 0 heterocycles. The summed E-state index contributed by atoms with van der Waals surface area (Å²) in [5, 5.41) is 2.35. The lowest BCUT2D eigenvalue weighted by atomic mass is 10.0. The zero-order valence-electron chi connectivity index (χ0n) is 8.53. The molecule has 0 aliphatic heterocycles. The summed E-state index contributed by atoms with van der Waals surface area (Å²) in [5.41, 5.74) is 2.45. The maximum absolute atomic E-state index is 3.41. The molecular weight excluding hydrogens is 328 g/mol. The second-order valence-electron chi connectivity index (χ2n) is 3.43. The van der Waals surface area contributed by atoms with Crippen molar-refractivity contribution in [3.63, 3.8) is 0 Å². The molecule has 0 N–H and O–H groups in total. The van der Waals surface area contributed by atoms with Gasteiger partial charge in [0, 0.05) is 0 Å². The molecule has 2 rings (SSSR count). The molecule has 0 bridgehead atoms. The molecule has 0 spiro atoms. The van der Waals surface area contributed by atoms with Crippen LogP contribution < -0.4 is 10.4 Å². The third-order valence-electron chi connectivity index (χ3n) is 2.41. The van der Waals surface area contributed by atoms with Gasteiger partial charge in [0.1, 0.15) is 0 Å². The van der Waals surface area contributed by atoms with Gasteiger partial charge in [-0.25, -0.2) is 0 Å². The lowest BCUT2D eigenvalue weighted by Gasteiger charge is -2.02. The number of hydrogen-bond acceptors (Lipinski definition) is 0. The fourth-order valence-electron chi connectivity index (χ4n) is 1.60. The van der Waals surface area contributed by atoms with E-state index in [1.165, 1.54) is 16.3 Å². The predicted molar refractivity (Wildman–Crippen MR) is 77.9 cm³/mol. The summed E-state index contributed by atoms with van der Waals surface area (Å²) in [6.45, 7) is 0. The fourth-order valence-corrected chi connectivity index (χ4v) is 2.29. The molecule has 80 valence electrons. The van der Waals surface area contributed by atoms with Crippen LogP contribution in [0, 0.1) is 0 Å². The van der Waals surface area contributed by atoms with Crippen molar-refractivity contribution >= 4 is 41.8 Å². The van der Waals surface area contributed by atoms with Gasteiger partial charge in [-0.15, -0.1) is 0 Å². The minimum atomic E-state index is 1.16. The van der Waals surface area contributed by atoms with Gasteiger partial charge in [-0.1, -0.05) is 74.3 Å². The summed E-state index contributed by atoms with van der Waals surface area (Å²) >= 11 is 6.77. The first-order valence-corrected chi connectivity index (χ1v) is 6.74. The Labute approximate surface area is 112 Å². The van der Waals surface area contributed by atoms with Crippen molar-refractivity contribution in [2.75, 3.05) is 0 Å². The van der Waals surface area contributed by atoms with Crippen LogP contribution in [0.2, 0.25) is 0 Å². The highest BCUT2D eigenvalue weighted by atomic mass is 79.9. The largest absolute Gasteiger partial charge is 0.0622 e. The minimum absolute atomic E-state index is 1.16. The Hall–Kier alpha value is -0.860. The number of rotatable bonds is 1. The number of hydrogen-bond donors (Lipinski definition) is 0. The van der Waals surface area contributed by atoms with Gasteiger partial charge in [0.25, 0.3) is 0 Å². The smallest absolute Gasteiger partial charge is 0.0100 e. The zero-order valence-corrected chi connectivity index (χ0v) is 11.7. The van der Waals surface area contributed by atoms with Crippen LogP contribution in [-0.4, -0.2) is 0 Å². The molecule has 0 aliphatic rings. The molecule has 0 nitrogen and oxygen atoms in total. The van der Waals surface area contributed by atoms with Crippen LogP contribution in [-0.2, 0) is 0 Å². The van der Waals surface area contributed by atoms with Crippen LogP contribution in [0.5, 0.6) is 0 Å². The van der Waals surface area contributed by atoms with Gasteiger partial charge in [-0.3, -0.25) is 0 Å². The van der Waals surface area contributed by atoms with Crippen molar-refractivity contribution in [2.24, 2.45) is 0 Å². The lowest BCUT2D eigenvalue weighted by Crippen LogP contribution is -2.10. The molecule has 0 saturated carbocycles. The molecule has 0 aliphatic carbocycles. The van der Waals surface area contributed by atoms with Gasteiger partial charge < -0.3 is 0 Å². The van der Waals surface area contributed by atoms with Crippen molar-refractivity contribution in [2.45, 2.75) is 0 Å². The maximum atomic E-state index is 3.41. The monoisotopic (exact) mass is 336 g/mol. The molecule has 0 unspecified atom stereocenters. The predicted octanol–water partition coefficient (Wildman–Crippen LogP) is 3.62. The molecule has 2 aromatic rings. The van der Waals surface area contributed by atoms with Crippen LogP contribution in [0.1, 0.15) is 0 Å². The van der Waals surface area contributed by atoms with Crippen LogP contribution in [0.4, 0.5) is 0 Å². The van der Waals surface area contributed by atoms with Gasteiger partial charge in [0.2, 0.25) is 0 Å². The average Bonchev–Trinajstić information content (AvgIpc) is 2.39. The van der Waals surface area contributed by atoms with E-state index in [4.69, 9.17) is 0 Å². The molecule has 0 atom stereocenters. The van der Waals surface area contributed by atoms with E-state index in [1.54, 1.807) is 0 Å². The Balaban J connectivity index is 2.73. The summed E-state index contributed by atoms with van der Waals surface area (Å²) in [7, 11) is 0. The van der Waals surface area contributed by atoms with E-state index in [2.05, 4.69) is 74.3 Å². The highest BCUT2D eigenvalue weighted by molar-refractivity contribution is 9.14. The molecule has 2 aromatic carbocycles. The second kappa shape index (κ2) is 5.46. The molecule has 0 saturated heterocycles. The van der Waals surface area contributed by atoms with E-state index in [-0.39, 0.29) is 0 Å². The van der Waals surface area contributed by atoms with Crippen molar-refractivity contribution < 1.29 is 0 Å². The second-order valence-corrected chi connectivity index (χ2v) is 4.35. The van der Waals surface area contributed by atoms with E-state index < -0.39 is 0 Å². The van der Waals surface area contributed by atoms with Crippen LogP contribution in [0.25, 0.3) is 21.1 Å². The highest BCUT2D eigenvalue weighted by Gasteiger charge is 1.97.